The monoisotopic (exact) mass is 763 g/mol. The zero-order valence-corrected chi connectivity index (χ0v) is 31.5. The molecule has 0 saturated carbocycles. The molecular weight excluding hydrogens is 714 g/mol. The van der Waals surface area contributed by atoms with E-state index in [1.54, 1.807) is 17.1 Å². The van der Waals surface area contributed by atoms with E-state index in [1.807, 2.05) is 76.2 Å². The van der Waals surface area contributed by atoms with E-state index in [0.717, 1.165) is 11.1 Å². The summed E-state index contributed by atoms with van der Waals surface area (Å²) in [5.74, 6) is -3.58. The summed E-state index contributed by atoms with van der Waals surface area (Å²) in [6.07, 6.45) is 3.24. The standard InChI is InChI=1S/C40H50BrN3O7/c1-7-9-15-32(46)42-22-31(27-13-11-10-12-14-27)50-39(49)33-34-37(47)44(28(23-45)19-24(3)4)36(40(34)21-29(41)35(33)51-40)38(48)43(18-8-2)30-20-25(5)16-17-26(30)6/h7-8,10-14,16-17,20,24,28-29,31,33-36,45H,1-2,9,15,18-19,21-23H2,3-6H3,(H,42,46)/t28-,29?,31+,33+,34-,35+,36+,40-/m1/s1. The van der Waals surface area contributed by atoms with E-state index in [1.165, 1.54) is 4.90 Å². The second-order valence-corrected chi connectivity index (χ2v) is 15.5. The molecule has 274 valence electrons. The van der Waals surface area contributed by atoms with Crippen LogP contribution in [0.5, 0.6) is 0 Å². The van der Waals surface area contributed by atoms with Gasteiger partial charge < -0.3 is 29.7 Å². The second kappa shape index (κ2) is 16.3. The first-order chi connectivity index (χ1) is 24.4. The Kier molecular flexibility index (Phi) is 12.2. The van der Waals surface area contributed by atoms with Gasteiger partial charge in [-0.2, -0.15) is 0 Å². The summed E-state index contributed by atoms with van der Waals surface area (Å²) in [6, 6.07) is 13.2. The average molecular weight is 765 g/mol. The predicted molar refractivity (Wildman–Crippen MR) is 199 cm³/mol. The van der Waals surface area contributed by atoms with Gasteiger partial charge in [0.25, 0.3) is 5.91 Å². The fraction of sp³-hybridized carbons (Fsp3) is 0.500. The maximum absolute atomic E-state index is 15.1. The number of aliphatic hydroxyl groups excluding tert-OH is 1. The van der Waals surface area contributed by atoms with Gasteiger partial charge in [0.1, 0.15) is 17.7 Å². The van der Waals surface area contributed by atoms with Crippen molar-refractivity contribution in [2.45, 2.75) is 88.1 Å². The van der Waals surface area contributed by atoms with Gasteiger partial charge in [-0.25, -0.2) is 0 Å². The number of carbonyl (C=O) groups is 4. The molecule has 0 aromatic heterocycles. The third-order valence-electron chi connectivity index (χ3n) is 10.3. The van der Waals surface area contributed by atoms with E-state index in [0.29, 0.717) is 30.5 Å². The van der Waals surface area contributed by atoms with Gasteiger partial charge in [0.05, 0.1) is 37.1 Å². The molecule has 2 bridgehead atoms. The zero-order chi connectivity index (χ0) is 37.0. The van der Waals surface area contributed by atoms with E-state index in [9.17, 15) is 19.5 Å². The molecule has 0 radical (unpaired) electrons. The minimum atomic E-state index is -1.36. The number of alkyl halides is 1. The molecule has 11 heteroatoms. The van der Waals surface area contributed by atoms with Crippen LogP contribution in [0.2, 0.25) is 0 Å². The molecule has 3 amide bonds. The van der Waals surface area contributed by atoms with Gasteiger partial charge in [0.15, 0.2) is 0 Å². The quantitative estimate of drug-likeness (QED) is 0.134. The van der Waals surface area contributed by atoms with Gasteiger partial charge in [-0.05, 0) is 61.8 Å². The van der Waals surface area contributed by atoms with Crippen LogP contribution in [0.3, 0.4) is 0 Å². The minimum Gasteiger partial charge on any atom is -0.455 e. The molecule has 2 aromatic rings. The second-order valence-electron chi connectivity index (χ2n) is 14.4. The Morgan fingerprint density at radius 3 is 2.53 bits per heavy atom. The number of aliphatic hydroxyl groups is 1. The average Bonchev–Trinajstić information content (AvgIpc) is 3.71. The summed E-state index contributed by atoms with van der Waals surface area (Å²) in [5.41, 5.74) is 1.85. The normalized spacial score (nSPS) is 26.1. The largest absolute Gasteiger partial charge is 0.455 e. The summed E-state index contributed by atoms with van der Waals surface area (Å²) in [5, 5.41) is 13.6. The number of ether oxygens (including phenoxy) is 2. The highest BCUT2D eigenvalue weighted by Gasteiger charge is 2.77. The van der Waals surface area contributed by atoms with Crippen LogP contribution in [-0.4, -0.2) is 82.0 Å². The molecule has 2 aromatic carbocycles. The fourth-order valence-corrected chi connectivity index (χ4v) is 9.01. The first kappa shape index (κ1) is 38.4. The molecule has 3 saturated heterocycles. The molecular formula is C40H50BrN3O7. The highest BCUT2D eigenvalue weighted by molar-refractivity contribution is 9.09. The number of nitrogens with one attached hydrogen (secondary N) is 1. The van der Waals surface area contributed by atoms with Crippen LogP contribution in [-0.2, 0) is 28.7 Å². The lowest BCUT2D eigenvalue weighted by molar-refractivity contribution is -0.161. The van der Waals surface area contributed by atoms with Crippen molar-refractivity contribution in [2.24, 2.45) is 17.8 Å². The molecule has 0 aliphatic carbocycles. The number of halogens is 1. The van der Waals surface area contributed by atoms with Crippen molar-refractivity contribution in [2.75, 3.05) is 24.6 Å². The van der Waals surface area contributed by atoms with Crippen molar-refractivity contribution in [3.8, 4) is 0 Å². The lowest BCUT2D eigenvalue weighted by Gasteiger charge is -2.40. The van der Waals surface area contributed by atoms with E-state index in [-0.39, 0.29) is 48.7 Å². The van der Waals surface area contributed by atoms with E-state index < -0.39 is 53.6 Å². The van der Waals surface area contributed by atoms with Crippen LogP contribution in [0.15, 0.2) is 73.8 Å². The van der Waals surface area contributed by atoms with E-state index in [4.69, 9.17) is 9.47 Å². The number of hydrogen-bond acceptors (Lipinski definition) is 7. The predicted octanol–water partition coefficient (Wildman–Crippen LogP) is 5.34. The molecule has 1 spiro atoms. The molecule has 2 N–H and O–H groups in total. The topological polar surface area (TPSA) is 125 Å². The van der Waals surface area contributed by atoms with Crippen molar-refractivity contribution in [3.63, 3.8) is 0 Å². The number of benzene rings is 2. The molecule has 51 heavy (non-hydrogen) atoms. The summed E-state index contributed by atoms with van der Waals surface area (Å²) in [6.45, 7) is 15.3. The van der Waals surface area contributed by atoms with Crippen molar-refractivity contribution in [3.05, 3.63) is 90.5 Å². The number of nitrogens with zero attached hydrogens (tertiary/aromatic N) is 2. The number of carbonyl (C=O) groups excluding carboxylic acids is 4. The van der Waals surface area contributed by atoms with E-state index in [2.05, 4.69) is 34.4 Å². The van der Waals surface area contributed by atoms with Crippen LogP contribution in [0.1, 0.15) is 62.3 Å². The van der Waals surface area contributed by atoms with Gasteiger partial charge in [0.2, 0.25) is 11.8 Å². The van der Waals surface area contributed by atoms with Crippen molar-refractivity contribution < 1.29 is 33.8 Å². The Morgan fingerprint density at radius 2 is 1.88 bits per heavy atom. The first-order valence-corrected chi connectivity index (χ1v) is 18.7. The Bertz CT molecular complexity index is 1630. The minimum absolute atomic E-state index is 0.0338. The van der Waals surface area contributed by atoms with Crippen LogP contribution in [0.4, 0.5) is 5.69 Å². The van der Waals surface area contributed by atoms with Crippen molar-refractivity contribution >= 4 is 45.3 Å². The smallest absolute Gasteiger partial charge is 0.313 e. The first-order valence-electron chi connectivity index (χ1n) is 17.8. The summed E-state index contributed by atoms with van der Waals surface area (Å²) < 4.78 is 13.0. The summed E-state index contributed by atoms with van der Waals surface area (Å²) in [7, 11) is 0. The maximum atomic E-state index is 15.1. The van der Waals surface area contributed by atoms with Crippen molar-refractivity contribution in [1.82, 2.24) is 10.2 Å². The molecule has 3 aliphatic rings. The van der Waals surface area contributed by atoms with Crippen LogP contribution in [0, 0.1) is 31.6 Å². The van der Waals surface area contributed by atoms with Gasteiger partial charge >= 0.3 is 5.97 Å². The molecule has 3 heterocycles. The number of hydrogen-bond donors (Lipinski definition) is 2. The maximum Gasteiger partial charge on any atom is 0.313 e. The number of anilines is 1. The van der Waals surface area contributed by atoms with Crippen LogP contribution >= 0.6 is 15.9 Å². The number of likely N-dealkylation sites (tertiary alicyclic amines) is 1. The number of rotatable bonds is 16. The fourth-order valence-electron chi connectivity index (χ4n) is 8.07. The Morgan fingerprint density at radius 1 is 1.16 bits per heavy atom. The van der Waals surface area contributed by atoms with Crippen LogP contribution < -0.4 is 10.2 Å². The lowest BCUT2D eigenvalue weighted by Crippen LogP contribution is -2.59. The molecule has 5 rings (SSSR count). The van der Waals surface area contributed by atoms with Gasteiger partial charge in [-0.1, -0.05) is 84.4 Å². The Hall–Kier alpha value is -3.80. The number of esters is 1. The SMILES string of the molecule is C=CCCC(=O)NC[C@H](OC(=O)[C@@H]1[C@H]2O[C@@]3(CC2Br)[C@H](C(=O)N(CC=C)c2cc(C)ccc2C)N([C@@H](CO)CC(C)C)C(=O)[C@@H]13)c1ccccc1. The summed E-state index contributed by atoms with van der Waals surface area (Å²) in [4.78, 5) is 59.7. The molecule has 3 fully saturated rings. The number of amides is 3. The highest BCUT2D eigenvalue weighted by Crippen LogP contribution is 2.61. The molecule has 10 nitrogen and oxygen atoms in total. The van der Waals surface area contributed by atoms with E-state index >= 15 is 4.79 Å². The lowest BCUT2D eigenvalue weighted by atomic mass is 9.70. The van der Waals surface area contributed by atoms with Gasteiger partial charge in [-0.15, -0.1) is 13.2 Å². The van der Waals surface area contributed by atoms with Crippen molar-refractivity contribution in [1.29, 1.82) is 0 Å². The number of allylic oxidation sites excluding steroid dienone is 1. The molecule has 3 aliphatic heterocycles. The third kappa shape index (κ3) is 7.57. The van der Waals surface area contributed by atoms with Crippen LogP contribution in [0.25, 0.3) is 0 Å². The van der Waals surface area contributed by atoms with Gasteiger partial charge in [-0.3, -0.25) is 19.2 Å². The highest BCUT2D eigenvalue weighted by atomic mass is 79.9. The Labute approximate surface area is 309 Å². The van der Waals surface area contributed by atoms with Gasteiger partial charge in [0, 0.05) is 23.5 Å². The molecule has 1 unspecified atom stereocenters. The Balaban J connectivity index is 1.55. The zero-order valence-electron chi connectivity index (χ0n) is 29.9. The number of fused-ring (bicyclic) bond motifs is 1. The third-order valence-corrected chi connectivity index (χ3v) is 11.1. The number of aryl methyl sites for hydroxylation is 2. The molecule has 8 atom stereocenters. The summed E-state index contributed by atoms with van der Waals surface area (Å²) >= 11 is 3.75.